The second-order valence-corrected chi connectivity index (χ2v) is 11.6. The topological polar surface area (TPSA) is 41.6 Å². The molecule has 0 saturated heterocycles. The summed E-state index contributed by atoms with van der Waals surface area (Å²) in [6.45, 7) is 2.28. The highest BCUT2D eigenvalue weighted by atomic mass is 32.1. The number of ether oxygens (including phenoxy) is 1. The fourth-order valence-corrected chi connectivity index (χ4v) is 8.76. The molecule has 1 aromatic rings. The van der Waals surface area contributed by atoms with E-state index in [0.717, 1.165) is 52.7 Å². The Bertz CT molecular complexity index is 811. The van der Waals surface area contributed by atoms with Crippen molar-refractivity contribution >= 4 is 39.6 Å². The SMILES string of the molecule is CCOC(=O)c1c(NC(=S)N(C)C23CC4CC(CC(C4)C2)C3)sc2c1CCCCC2. The first kappa shape index (κ1) is 20.7. The average molecular weight is 447 g/mol. The monoisotopic (exact) mass is 446 g/mol. The van der Waals surface area contributed by atoms with Crippen molar-refractivity contribution in [2.45, 2.75) is 83.1 Å². The van der Waals surface area contributed by atoms with Gasteiger partial charge < -0.3 is 15.0 Å². The van der Waals surface area contributed by atoms with Gasteiger partial charge >= 0.3 is 5.97 Å². The summed E-state index contributed by atoms with van der Waals surface area (Å²) in [6, 6.07) is 0. The van der Waals surface area contributed by atoms with Gasteiger partial charge in [0.15, 0.2) is 5.11 Å². The van der Waals surface area contributed by atoms with Crippen molar-refractivity contribution < 1.29 is 9.53 Å². The Kier molecular flexibility index (Phi) is 5.59. The number of hydrogen-bond acceptors (Lipinski definition) is 4. The molecule has 0 aliphatic heterocycles. The van der Waals surface area contributed by atoms with Crippen LogP contribution in [-0.4, -0.2) is 35.2 Å². The van der Waals surface area contributed by atoms with E-state index in [1.807, 2.05) is 6.92 Å². The molecule has 0 aromatic carbocycles. The van der Waals surface area contributed by atoms with Crippen LogP contribution >= 0.6 is 23.6 Å². The Morgan fingerprint density at radius 1 is 1.13 bits per heavy atom. The number of carbonyl (C=O) groups excluding carboxylic acids is 1. The molecular formula is C24H34N2O2S2. The van der Waals surface area contributed by atoms with E-state index >= 15 is 0 Å². The fraction of sp³-hybridized carbons (Fsp3) is 0.750. The minimum Gasteiger partial charge on any atom is -0.462 e. The molecule has 0 amide bonds. The maximum absolute atomic E-state index is 12.9. The summed E-state index contributed by atoms with van der Waals surface area (Å²) in [7, 11) is 2.19. The van der Waals surface area contributed by atoms with E-state index < -0.39 is 0 Å². The van der Waals surface area contributed by atoms with E-state index in [-0.39, 0.29) is 11.5 Å². The maximum atomic E-state index is 12.9. The van der Waals surface area contributed by atoms with E-state index in [9.17, 15) is 4.79 Å². The van der Waals surface area contributed by atoms with Crippen molar-refractivity contribution in [2.75, 3.05) is 19.0 Å². The first-order valence-corrected chi connectivity index (χ1v) is 13.1. The van der Waals surface area contributed by atoms with Crippen LogP contribution in [0.25, 0.3) is 0 Å². The molecule has 1 heterocycles. The lowest BCUT2D eigenvalue weighted by Crippen LogP contribution is -2.60. The summed E-state index contributed by atoms with van der Waals surface area (Å²) in [5, 5.41) is 5.21. The normalized spacial score (nSPS) is 31.7. The Morgan fingerprint density at radius 3 is 2.40 bits per heavy atom. The van der Waals surface area contributed by atoms with Gasteiger partial charge in [-0.2, -0.15) is 0 Å². The van der Waals surface area contributed by atoms with Crippen LogP contribution in [-0.2, 0) is 17.6 Å². The Hall–Kier alpha value is -1.14. The largest absolute Gasteiger partial charge is 0.462 e. The predicted molar refractivity (Wildman–Crippen MR) is 126 cm³/mol. The summed E-state index contributed by atoms with van der Waals surface area (Å²) in [4.78, 5) is 16.6. The van der Waals surface area contributed by atoms with E-state index in [1.165, 1.54) is 61.8 Å². The molecule has 0 unspecified atom stereocenters. The van der Waals surface area contributed by atoms with Crippen molar-refractivity contribution in [1.29, 1.82) is 0 Å². The predicted octanol–water partition coefficient (Wildman–Crippen LogP) is 5.79. The summed E-state index contributed by atoms with van der Waals surface area (Å²) in [6.07, 6.45) is 13.7. The van der Waals surface area contributed by atoms with Crippen LogP contribution in [0.3, 0.4) is 0 Å². The van der Waals surface area contributed by atoms with Gasteiger partial charge in [-0.25, -0.2) is 4.79 Å². The number of fused-ring (bicyclic) bond motifs is 1. The summed E-state index contributed by atoms with van der Waals surface area (Å²) in [5.74, 6) is 2.46. The van der Waals surface area contributed by atoms with Crippen LogP contribution in [0.15, 0.2) is 0 Å². The van der Waals surface area contributed by atoms with Crippen LogP contribution in [0, 0.1) is 17.8 Å². The van der Waals surface area contributed by atoms with Gasteiger partial charge in [0.25, 0.3) is 0 Å². The van der Waals surface area contributed by atoms with E-state index in [4.69, 9.17) is 17.0 Å². The third-order valence-electron chi connectivity index (χ3n) is 8.14. The first-order chi connectivity index (χ1) is 14.5. The lowest BCUT2D eigenvalue weighted by atomic mass is 9.52. The zero-order valence-electron chi connectivity index (χ0n) is 18.3. The Balaban J connectivity index is 1.40. The zero-order valence-corrected chi connectivity index (χ0v) is 19.9. The van der Waals surface area contributed by atoms with Gasteiger partial charge in [-0.15, -0.1) is 11.3 Å². The number of anilines is 1. The first-order valence-electron chi connectivity index (χ1n) is 11.9. The number of esters is 1. The Morgan fingerprint density at radius 2 is 1.77 bits per heavy atom. The standard InChI is InChI=1S/C24H34N2O2S2/c1-3-28-22(27)20-18-7-5-4-6-8-19(18)30-21(20)25-23(29)26(2)24-12-15-9-16(13-24)11-17(10-15)14-24/h15-17H,3-14H2,1-2H3,(H,25,29). The smallest absolute Gasteiger partial charge is 0.341 e. The number of nitrogens with one attached hydrogen (secondary N) is 1. The molecule has 4 bridgehead atoms. The molecule has 5 aliphatic rings. The van der Waals surface area contributed by atoms with Gasteiger partial charge in [-0.05, 0) is 107 Å². The summed E-state index contributed by atoms with van der Waals surface area (Å²) in [5.41, 5.74) is 2.18. The van der Waals surface area contributed by atoms with Gasteiger partial charge in [0.05, 0.1) is 12.2 Å². The lowest BCUT2D eigenvalue weighted by Gasteiger charge is -2.60. The van der Waals surface area contributed by atoms with Gasteiger partial charge in [0, 0.05) is 17.5 Å². The van der Waals surface area contributed by atoms with Crippen LogP contribution < -0.4 is 5.32 Å². The molecular weight excluding hydrogens is 412 g/mol. The zero-order chi connectivity index (χ0) is 20.9. The number of hydrogen-bond donors (Lipinski definition) is 1. The highest BCUT2D eigenvalue weighted by molar-refractivity contribution is 7.80. The van der Waals surface area contributed by atoms with Crippen LogP contribution in [0.5, 0.6) is 0 Å². The minimum absolute atomic E-state index is 0.195. The second kappa shape index (κ2) is 8.09. The number of thiocarbonyl (C=S) groups is 1. The van der Waals surface area contributed by atoms with Crippen molar-refractivity contribution in [3.8, 4) is 0 Å². The number of nitrogens with zero attached hydrogens (tertiary/aromatic N) is 1. The van der Waals surface area contributed by atoms with E-state index in [2.05, 4.69) is 17.3 Å². The van der Waals surface area contributed by atoms with Gasteiger partial charge in [0.1, 0.15) is 5.00 Å². The highest BCUT2D eigenvalue weighted by Crippen LogP contribution is 2.57. The van der Waals surface area contributed by atoms with Crippen LogP contribution in [0.2, 0.25) is 0 Å². The van der Waals surface area contributed by atoms with Gasteiger partial charge in [-0.1, -0.05) is 6.42 Å². The molecule has 0 spiro atoms. The Labute approximate surface area is 189 Å². The molecule has 0 radical (unpaired) electrons. The van der Waals surface area contributed by atoms with Gasteiger partial charge in [-0.3, -0.25) is 0 Å². The second-order valence-electron chi connectivity index (χ2n) is 10.1. The molecule has 6 heteroatoms. The number of carbonyl (C=O) groups is 1. The van der Waals surface area contributed by atoms with Crippen molar-refractivity contribution in [2.24, 2.45) is 17.8 Å². The maximum Gasteiger partial charge on any atom is 0.341 e. The fourth-order valence-electron chi connectivity index (χ4n) is 7.12. The molecule has 6 rings (SSSR count). The molecule has 4 fully saturated rings. The van der Waals surface area contributed by atoms with Crippen molar-refractivity contribution in [1.82, 2.24) is 4.90 Å². The van der Waals surface area contributed by atoms with Crippen molar-refractivity contribution in [3.63, 3.8) is 0 Å². The molecule has 5 aliphatic carbocycles. The molecule has 4 saturated carbocycles. The lowest BCUT2D eigenvalue weighted by molar-refractivity contribution is -0.0538. The van der Waals surface area contributed by atoms with E-state index in [0.29, 0.717) is 6.61 Å². The molecule has 164 valence electrons. The van der Waals surface area contributed by atoms with Crippen LogP contribution in [0.4, 0.5) is 5.00 Å². The highest BCUT2D eigenvalue weighted by Gasteiger charge is 2.53. The van der Waals surface area contributed by atoms with Gasteiger partial charge in [0.2, 0.25) is 0 Å². The van der Waals surface area contributed by atoms with Crippen LogP contribution in [0.1, 0.15) is 85.5 Å². The molecule has 1 N–H and O–H groups in total. The average Bonchev–Trinajstić information content (AvgIpc) is 2.87. The summed E-state index contributed by atoms with van der Waals surface area (Å²) < 4.78 is 5.45. The molecule has 0 atom stereocenters. The number of rotatable bonds is 4. The quantitative estimate of drug-likeness (QED) is 0.360. The molecule has 1 aromatic heterocycles. The third kappa shape index (κ3) is 3.58. The number of thiophene rings is 1. The summed E-state index contributed by atoms with van der Waals surface area (Å²) >= 11 is 7.67. The minimum atomic E-state index is -0.195. The number of aryl methyl sites for hydroxylation is 1. The van der Waals surface area contributed by atoms with Crippen molar-refractivity contribution in [3.05, 3.63) is 16.0 Å². The van der Waals surface area contributed by atoms with E-state index in [1.54, 1.807) is 11.3 Å². The molecule has 4 nitrogen and oxygen atoms in total. The molecule has 30 heavy (non-hydrogen) atoms. The third-order valence-corrected chi connectivity index (χ3v) is 9.73.